The Labute approximate surface area is 153 Å². The van der Waals surface area contributed by atoms with Crippen LogP contribution in [0.15, 0.2) is 4.99 Å². The minimum absolute atomic E-state index is 0.141. The normalized spacial score (nSPS) is 12.6. The first-order valence-electron chi connectivity index (χ1n) is 8.22. The van der Waals surface area contributed by atoms with Crippen LogP contribution in [0, 0.1) is 0 Å². The number of carboxylic acid groups (broad SMARTS) is 1. The number of alkyl carbamates (subject to hydrolysis) is 2. The number of carbonyl (C=O) groups is 3. The number of hydrogen-bond donors (Lipinski definition) is 4. The maximum Gasteiger partial charge on any atom is 0.414 e. The SMILES string of the molecule is CC(C)(C)OC(=O)NC(=NCCCC(N)C(=O)O)NC(=O)OC(C)(C)C. The minimum atomic E-state index is -1.10. The van der Waals surface area contributed by atoms with Crippen molar-refractivity contribution in [1.82, 2.24) is 10.6 Å². The van der Waals surface area contributed by atoms with Crippen LogP contribution in [0.25, 0.3) is 0 Å². The van der Waals surface area contributed by atoms with Crippen molar-refractivity contribution in [2.24, 2.45) is 10.7 Å². The fourth-order valence-corrected chi connectivity index (χ4v) is 1.54. The number of nitrogens with two attached hydrogens (primary N) is 1. The van der Waals surface area contributed by atoms with E-state index in [-0.39, 0.29) is 18.9 Å². The number of carboxylic acids is 1. The van der Waals surface area contributed by atoms with E-state index in [1.807, 2.05) is 0 Å². The number of amides is 2. The lowest BCUT2D eigenvalue weighted by Crippen LogP contribution is -2.47. The van der Waals surface area contributed by atoms with Crippen molar-refractivity contribution in [3.05, 3.63) is 0 Å². The average molecular weight is 374 g/mol. The Morgan fingerprint density at radius 2 is 1.42 bits per heavy atom. The molecule has 0 fully saturated rings. The highest BCUT2D eigenvalue weighted by Gasteiger charge is 2.21. The van der Waals surface area contributed by atoms with Crippen molar-refractivity contribution in [1.29, 1.82) is 0 Å². The molecule has 5 N–H and O–H groups in total. The summed E-state index contributed by atoms with van der Waals surface area (Å²) >= 11 is 0. The quantitative estimate of drug-likeness (QED) is 0.324. The van der Waals surface area contributed by atoms with Gasteiger partial charge in [0.1, 0.15) is 17.2 Å². The Morgan fingerprint density at radius 3 is 1.77 bits per heavy atom. The van der Waals surface area contributed by atoms with Gasteiger partial charge >= 0.3 is 18.2 Å². The van der Waals surface area contributed by atoms with Crippen molar-refractivity contribution >= 4 is 24.1 Å². The molecule has 0 radical (unpaired) electrons. The average Bonchev–Trinajstić information content (AvgIpc) is 2.38. The zero-order valence-corrected chi connectivity index (χ0v) is 16.2. The lowest BCUT2D eigenvalue weighted by atomic mass is 10.2. The van der Waals surface area contributed by atoms with Gasteiger partial charge < -0.3 is 20.3 Å². The maximum absolute atomic E-state index is 11.9. The maximum atomic E-state index is 11.9. The van der Waals surface area contributed by atoms with Crippen molar-refractivity contribution < 1.29 is 29.0 Å². The fourth-order valence-electron chi connectivity index (χ4n) is 1.54. The van der Waals surface area contributed by atoms with E-state index in [1.54, 1.807) is 41.5 Å². The van der Waals surface area contributed by atoms with E-state index in [2.05, 4.69) is 15.6 Å². The summed E-state index contributed by atoms with van der Waals surface area (Å²) in [7, 11) is 0. The van der Waals surface area contributed by atoms with Gasteiger partial charge in [-0.2, -0.15) is 0 Å². The minimum Gasteiger partial charge on any atom is -0.480 e. The highest BCUT2D eigenvalue weighted by atomic mass is 16.6. The van der Waals surface area contributed by atoms with Crippen LogP contribution in [-0.2, 0) is 14.3 Å². The third-order valence-corrected chi connectivity index (χ3v) is 2.50. The van der Waals surface area contributed by atoms with Gasteiger partial charge in [0.05, 0.1) is 0 Å². The second-order valence-electron chi connectivity index (χ2n) is 7.57. The predicted molar refractivity (Wildman–Crippen MR) is 95.9 cm³/mol. The summed E-state index contributed by atoms with van der Waals surface area (Å²) in [6, 6.07) is -0.994. The van der Waals surface area contributed by atoms with E-state index in [4.69, 9.17) is 20.3 Å². The first-order valence-corrected chi connectivity index (χ1v) is 8.22. The van der Waals surface area contributed by atoms with Gasteiger partial charge in [0.2, 0.25) is 5.96 Å². The molecule has 0 aromatic rings. The molecule has 26 heavy (non-hydrogen) atoms. The summed E-state index contributed by atoms with van der Waals surface area (Å²) in [5, 5.41) is 13.4. The largest absolute Gasteiger partial charge is 0.480 e. The third-order valence-electron chi connectivity index (χ3n) is 2.50. The van der Waals surface area contributed by atoms with Gasteiger partial charge in [0, 0.05) is 6.54 Å². The van der Waals surface area contributed by atoms with Crippen molar-refractivity contribution in [3.8, 4) is 0 Å². The van der Waals surface area contributed by atoms with E-state index in [0.717, 1.165) is 0 Å². The van der Waals surface area contributed by atoms with Crippen LogP contribution in [-0.4, -0.2) is 53.0 Å². The molecule has 150 valence electrons. The Morgan fingerprint density at radius 1 is 1.00 bits per heavy atom. The molecule has 0 aliphatic rings. The Kier molecular flexibility index (Phi) is 9.05. The summed E-state index contributed by atoms with van der Waals surface area (Å²) in [6.45, 7) is 10.3. The molecule has 10 nitrogen and oxygen atoms in total. The van der Waals surface area contributed by atoms with Gasteiger partial charge in [-0.05, 0) is 54.4 Å². The Hall–Kier alpha value is -2.36. The van der Waals surface area contributed by atoms with Gasteiger partial charge in [0.15, 0.2) is 0 Å². The number of nitrogens with one attached hydrogen (secondary N) is 2. The summed E-state index contributed by atoms with van der Waals surface area (Å²) in [5.74, 6) is -1.26. The summed E-state index contributed by atoms with van der Waals surface area (Å²) < 4.78 is 10.2. The molecule has 0 saturated heterocycles. The number of nitrogens with zero attached hydrogens (tertiary/aromatic N) is 1. The molecule has 1 unspecified atom stereocenters. The summed E-state index contributed by atoms with van der Waals surface area (Å²) in [6.07, 6.45) is -1.04. The predicted octanol–water partition coefficient (Wildman–Crippen LogP) is 1.58. The molecule has 10 heteroatoms. The molecule has 0 bridgehead atoms. The van der Waals surface area contributed by atoms with Crippen LogP contribution < -0.4 is 16.4 Å². The molecular weight excluding hydrogens is 344 g/mol. The van der Waals surface area contributed by atoms with Crippen molar-refractivity contribution in [2.75, 3.05) is 6.54 Å². The van der Waals surface area contributed by atoms with E-state index in [0.29, 0.717) is 6.42 Å². The zero-order chi connectivity index (χ0) is 20.5. The molecule has 0 aromatic carbocycles. The van der Waals surface area contributed by atoms with Gasteiger partial charge in [-0.15, -0.1) is 0 Å². The molecule has 1 atom stereocenters. The van der Waals surface area contributed by atoms with Gasteiger partial charge in [-0.25, -0.2) is 9.59 Å². The first kappa shape index (κ1) is 23.6. The van der Waals surface area contributed by atoms with Crippen LogP contribution in [0.5, 0.6) is 0 Å². The van der Waals surface area contributed by atoms with E-state index in [9.17, 15) is 14.4 Å². The molecule has 0 aliphatic heterocycles. The monoisotopic (exact) mass is 374 g/mol. The van der Waals surface area contributed by atoms with Gasteiger partial charge in [-0.1, -0.05) is 0 Å². The highest BCUT2D eigenvalue weighted by Crippen LogP contribution is 2.07. The number of guanidine groups is 1. The molecule has 0 rings (SSSR count). The van der Waals surface area contributed by atoms with Crippen LogP contribution in [0.2, 0.25) is 0 Å². The number of rotatable bonds is 5. The van der Waals surface area contributed by atoms with Crippen LogP contribution in [0.4, 0.5) is 9.59 Å². The molecule has 0 saturated carbocycles. The lowest BCUT2D eigenvalue weighted by molar-refractivity contribution is -0.138. The van der Waals surface area contributed by atoms with E-state index in [1.165, 1.54) is 0 Å². The highest BCUT2D eigenvalue weighted by molar-refractivity contribution is 6.01. The first-order chi connectivity index (χ1) is 11.7. The molecule has 0 heterocycles. The number of hydrogen-bond acceptors (Lipinski definition) is 7. The molecular formula is C16H30N4O6. The third kappa shape index (κ3) is 13.0. The lowest BCUT2D eigenvalue weighted by Gasteiger charge is -2.22. The van der Waals surface area contributed by atoms with Gasteiger partial charge in [-0.3, -0.25) is 20.4 Å². The van der Waals surface area contributed by atoms with Crippen LogP contribution in [0.3, 0.4) is 0 Å². The topological polar surface area (TPSA) is 152 Å². The van der Waals surface area contributed by atoms with E-state index >= 15 is 0 Å². The Balaban J connectivity index is 4.86. The smallest absolute Gasteiger partial charge is 0.414 e. The second-order valence-corrected chi connectivity index (χ2v) is 7.57. The number of aliphatic imine (C=N–C) groups is 1. The van der Waals surface area contributed by atoms with Crippen molar-refractivity contribution in [3.63, 3.8) is 0 Å². The molecule has 0 spiro atoms. The molecule has 0 aliphatic carbocycles. The number of aliphatic carboxylic acids is 1. The summed E-state index contributed by atoms with van der Waals surface area (Å²) in [4.78, 5) is 38.4. The molecule has 2 amide bonds. The van der Waals surface area contributed by atoms with Crippen LogP contribution >= 0.6 is 0 Å². The Bertz CT molecular complexity index is 502. The second kappa shape index (κ2) is 9.95. The van der Waals surface area contributed by atoms with E-state index < -0.39 is 35.4 Å². The fraction of sp³-hybridized carbons (Fsp3) is 0.750. The number of ether oxygens (including phenoxy) is 2. The standard InChI is InChI=1S/C16H30N4O6/c1-15(2,3)25-13(23)19-12(20-14(24)26-16(4,5)6)18-9-7-8-10(17)11(21)22/h10H,7-9,17H2,1-6H3,(H,21,22)(H2,18,19,20,23,24). The summed E-state index contributed by atoms with van der Waals surface area (Å²) in [5.41, 5.74) is 3.95. The zero-order valence-electron chi connectivity index (χ0n) is 16.2. The van der Waals surface area contributed by atoms with Gasteiger partial charge in [0.25, 0.3) is 0 Å². The molecule has 0 aromatic heterocycles. The number of carbonyl (C=O) groups excluding carboxylic acids is 2. The van der Waals surface area contributed by atoms with Crippen molar-refractivity contribution in [2.45, 2.75) is 71.6 Å². The van der Waals surface area contributed by atoms with Crippen LogP contribution in [0.1, 0.15) is 54.4 Å².